The van der Waals surface area contributed by atoms with Crippen molar-refractivity contribution in [2.45, 2.75) is 65.5 Å². The minimum absolute atomic E-state index is 0.0620. The van der Waals surface area contributed by atoms with Crippen LogP contribution in [0.25, 0.3) is 0 Å². The van der Waals surface area contributed by atoms with Gasteiger partial charge in [0.2, 0.25) is 17.7 Å². The lowest BCUT2D eigenvalue weighted by molar-refractivity contribution is -0.141. The van der Waals surface area contributed by atoms with Crippen LogP contribution in [0.2, 0.25) is 0 Å². The first-order valence-corrected chi connectivity index (χ1v) is 9.74. The summed E-state index contributed by atoms with van der Waals surface area (Å²) in [5.74, 6) is -1.85. The fourth-order valence-electron chi connectivity index (χ4n) is 2.26. The predicted octanol–water partition coefficient (Wildman–Crippen LogP) is -0.292. The third-order valence-corrected chi connectivity index (χ3v) is 3.71. The number of hydrogen-bond acceptors (Lipinski definition) is 7. The molecule has 0 spiro atoms. The van der Waals surface area contributed by atoms with Crippen LogP contribution in [0.4, 0.5) is 4.79 Å². The monoisotopic (exact) mass is 446 g/mol. The number of amides is 4. The Labute approximate surface area is 181 Å². The maximum atomic E-state index is 11.1. The minimum atomic E-state index is -1.09. The van der Waals surface area contributed by atoms with Gasteiger partial charge in [-0.15, -0.1) is 0 Å². The molecule has 0 rings (SSSR count). The van der Waals surface area contributed by atoms with Crippen molar-refractivity contribution in [2.75, 3.05) is 20.2 Å². The molecule has 178 valence electrons. The molecule has 5 N–H and O–H groups in total. The standard InChI is InChI=1S/C10H18N2O3.C9H16N2O5/c1-7(13)10(12-9(3)15)5-4-6-11-8(2)14;1-6(12)11-7(8(13)14)4-3-5-10-9(15)16-2/h10H,4-6H2,1-3H3,(H,11,14)(H,12,15);7H,3-5H2,1-2H3,(H,10,15)(H,11,12)(H,13,14). The van der Waals surface area contributed by atoms with E-state index in [1.807, 2.05) is 0 Å². The minimum Gasteiger partial charge on any atom is -0.480 e. The number of rotatable bonds is 12. The normalized spacial score (nSPS) is 11.5. The third-order valence-electron chi connectivity index (χ3n) is 3.71. The van der Waals surface area contributed by atoms with E-state index >= 15 is 0 Å². The number of ether oxygens (including phenoxy) is 1. The summed E-state index contributed by atoms with van der Waals surface area (Å²) in [6, 6.07) is -1.35. The first kappa shape index (κ1) is 30.0. The van der Waals surface area contributed by atoms with Crippen LogP contribution in [0.1, 0.15) is 53.4 Å². The van der Waals surface area contributed by atoms with Crippen LogP contribution in [-0.4, -0.2) is 73.0 Å². The van der Waals surface area contributed by atoms with E-state index in [1.165, 1.54) is 34.8 Å². The van der Waals surface area contributed by atoms with Crippen LogP contribution in [0, 0.1) is 0 Å². The topological polar surface area (TPSA) is 180 Å². The van der Waals surface area contributed by atoms with Gasteiger partial charge in [0.15, 0.2) is 5.78 Å². The van der Waals surface area contributed by atoms with Crippen molar-refractivity contribution in [1.29, 1.82) is 0 Å². The van der Waals surface area contributed by atoms with Crippen molar-refractivity contribution >= 4 is 35.6 Å². The molecule has 0 fully saturated rings. The van der Waals surface area contributed by atoms with E-state index in [2.05, 4.69) is 26.0 Å². The number of nitrogens with one attached hydrogen (secondary N) is 4. The summed E-state index contributed by atoms with van der Waals surface area (Å²) in [7, 11) is 1.24. The van der Waals surface area contributed by atoms with E-state index in [9.17, 15) is 28.8 Å². The van der Waals surface area contributed by atoms with Gasteiger partial charge in [-0.2, -0.15) is 0 Å². The van der Waals surface area contributed by atoms with Crippen LogP contribution < -0.4 is 21.3 Å². The molecule has 0 aliphatic heterocycles. The average Bonchev–Trinajstić information content (AvgIpc) is 2.65. The Bertz CT molecular complexity index is 624. The number of carboxylic acids is 1. The zero-order chi connectivity index (χ0) is 24.4. The zero-order valence-electron chi connectivity index (χ0n) is 18.7. The van der Waals surface area contributed by atoms with E-state index in [0.717, 1.165) is 0 Å². The molecule has 4 amide bonds. The number of carboxylic acid groups (broad SMARTS) is 1. The molecule has 0 radical (unpaired) electrons. The molecule has 2 atom stereocenters. The van der Waals surface area contributed by atoms with Crippen molar-refractivity contribution in [2.24, 2.45) is 0 Å². The van der Waals surface area contributed by atoms with Crippen LogP contribution in [0.3, 0.4) is 0 Å². The molecule has 2 unspecified atom stereocenters. The summed E-state index contributed by atoms with van der Waals surface area (Å²) in [5, 5.41) is 18.7. The fourth-order valence-corrected chi connectivity index (χ4v) is 2.26. The van der Waals surface area contributed by atoms with Gasteiger partial charge in [-0.25, -0.2) is 9.59 Å². The lowest BCUT2D eigenvalue weighted by atomic mass is 10.1. The molecule has 0 saturated carbocycles. The molecule has 31 heavy (non-hydrogen) atoms. The number of carbonyl (C=O) groups excluding carboxylic acids is 5. The van der Waals surface area contributed by atoms with E-state index in [-0.39, 0.29) is 24.0 Å². The number of hydrogen-bond donors (Lipinski definition) is 5. The van der Waals surface area contributed by atoms with Crippen molar-refractivity contribution in [3.63, 3.8) is 0 Å². The molecule has 12 heteroatoms. The Balaban J connectivity index is 0. The van der Waals surface area contributed by atoms with Gasteiger partial charge in [0.25, 0.3) is 0 Å². The van der Waals surface area contributed by atoms with Crippen LogP contribution in [-0.2, 0) is 28.7 Å². The highest BCUT2D eigenvalue weighted by molar-refractivity contribution is 5.86. The van der Waals surface area contributed by atoms with Crippen molar-refractivity contribution in [3.8, 4) is 0 Å². The van der Waals surface area contributed by atoms with Crippen molar-refractivity contribution in [1.82, 2.24) is 21.3 Å². The summed E-state index contributed by atoms with van der Waals surface area (Å²) in [4.78, 5) is 64.4. The Hall–Kier alpha value is -3.18. The number of Topliss-reactive ketones (excluding diaryl/α,β-unsaturated/α-hetero) is 1. The largest absolute Gasteiger partial charge is 0.480 e. The van der Waals surface area contributed by atoms with Crippen LogP contribution >= 0.6 is 0 Å². The molecule has 0 aromatic rings. The molecule has 0 aliphatic rings. The van der Waals surface area contributed by atoms with E-state index < -0.39 is 30.1 Å². The maximum absolute atomic E-state index is 11.1. The zero-order valence-corrected chi connectivity index (χ0v) is 18.7. The SMILES string of the molecule is CC(=O)NCCCC(NC(C)=O)C(C)=O.COC(=O)NCCCC(NC(C)=O)C(=O)O. The van der Waals surface area contributed by atoms with Gasteiger partial charge in [-0.1, -0.05) is 0 Å². The number of alkyl carbamates (subject to hydrolysis) is 1. The second-order valence-corrected chi connectivity index (χ2v) is 6.64. The highest BCUT2D eigenvalue weighted by Crippen LogP contribution is 1.98. The van der Waals surface area contributed by atoms with Crippen LogP contribution in [0.5, 0.6) is 0 Å². The second kappa shape index (κ2) is 17.7. The van der Waals surface area contributed by atoms with Gasteiger partial charge >= 0.3 is 12.1 Å². The molecule has 0 saturated heterocycles. The molecule has 0 aromatic carbocycles. The molecule has 0 aromatic heterocycles. The average molecular weight is 447 g/mol. The Kier molecular flexibility index (Phi) is 17.1. The third kappa shape index (κ3) is 19.9. The lowest BCUT2D eigenvalue weighted by Crippen LogP contribution is -2.40. The van der Waals surface area contributed by atoms with E-state index in [1.54, 1.807) is 0 Å². The van der Waals surface area contributed by atoms with Crippen molar-refractivity contribution < 1.29 is 38.6 Å². The Morgan fingerprint density at radius 1 is 0.742 bits per heavy atom. The maximum Gasteiger partial charge on any atom is 0.406 e. The molecule has 12 nitrogen and oxygen atoms in total. The van der Waals surface area contributed by atoms with Gasteiger partial charge in [0.1, 0.15) is 6.04 Å². The Morgan fingerprint density at radius 3 is 1.58 bits per heavy atom. The summed E-state index contributed by atoms with van der Waals surface area (Å²) >= 11 is 0. The first-order valence-electron chi connectivity index (χ1n) is 9.74. The molecular weight excluding hydrogens is 412 g/mol. The quantitative estimate of drug-likeness (QED) is 0.254. The number of aliphatic carboxylic acids is 1. The van der Waals surface area contributed by atoms with Gasteiger partial charge in [0.05, 0.1) is 13.2 Å². The van der Waals surface area contributed by atoms with Gasteiger partial charge in [-0.3, -0.25) is 19.2 Å². The lowest BCUT2D eigenvalue weighted by Gasteiger charge is -2.14. The summed E-state index contributed by atoms with van der Waals surface area (Å²) in [5.41, 5.74) is 0. The van der Waals surface area contributed by atoms with Gasteiger partial charge in [0, 0.05) is 33.9 Å². The number of methoxy groups -OCH3 is 1. The van der Waals surface area contributed by atoms with Crippen LogP contribution in [0.15, 0.2) is 0 Å². The van der Waals surface area contributed by atoms with E-state index in [0.29, 0.717) is 32.4 Å². The predicted molar refractivity (Wildman–Crippen MR) is 111 cm³/mol. The molecule has 0 heterocycles. The second-order valence-electron chi connectivity index (χ2n) is 6.64. The molecule has 0 bridgehead atoms. The number of ketones is 1. The highest BCUT2D eigenvalue weighted by atomic mass is 16.5. The van der Waals surface area contributed by atoms with Gasteiger partial charge in [-0.05, 0) is 32.6 Å². The summed E-state index contributed by atoms with van der Waals surface area (Å²) in [6.07, 6.45) is 1.34. The fraction of sp³-hybridized carbons (Fsp3) is 0.684. The molecule has 0 aliphatic carbocycles. The number of carbonyl (C=O) groups is 6. The van der Waals surface area contributed by atoms with E-state index in [4.69, 9.17) is 5.11 Å². The summed E-state index contributed by atoms with van der Waals surface area (Å²) < 4.78 is 4.33. The molecular formula is C19H34N4O8. The van der Waals surface area contributed by atoms with Gasteiger partial charge < -0.3 is 31.1 Å². The first-order chi connectivity index (χ1) is 14.4. The smallest absolute Gasteiger partial charge is 0.406 e. The highest BCUT2D eigenvalue weighted by Gasteiger charge is 2.17. The van der Waals surface area contributed by atoms with Crippen molar-refractivity contribution in [3.05, 3.63) is 0 Å². The Morgan fingerprint density at radius 2 is 1.19 bits per heavy atom. The summed E-state index contributed by atoms with van der Waals surface area (Å²) in [6.45, 7) is 6.34.